The molecule has 2 N–H and O–H groups in total. The molecule has 0 aliphatic carbocycles. The molecule has 0 radical (unpaired) electrons. The topological polar surface area (TPSA) is 93.3 Å². The Labute approximate surface area is 234 Å². The number of unbranched alkanes of at least 4 members (excludes halogenated alkanes) is 11. The zero-order valence-corrected chi connectivity index (χ0v) is 24.3. The second-order valence-electron chi connectivity index (χ2n) is 10.5. The predicted molar refractivity (Wildman–Crippen MR) is 160 cm³/mol. The first-order valence-corrected chi connectivity index (χ1v) is 14.9. The summed E-state index contributed by atoms with van der Waals surface area (Å²) < 4.78 is 3.50. The maximum atomic E-state index is 12.9. The van der Waals surface area contributed by atoms with Gasteiger partial charge in [-0.3, -0.25) is 19.1 Å². The third-order valence-electron chi connectivity index (χ3n) is 7.22. The number of aliphatic carboxylic acids is 1. The Bertz CT molecular complexity index is 1080. The number of carbonyl (C=O) groups is 2. The zero-order chi connectivity index (χ0) is 28.5. The van der Waals surface area contributed by atoms with E-state index in [1.807, 2.05) is 24.6 Å². The molecular formula is C32H49N3O4. The summed E-state index contributed by atoms with van der Waals surface area (Å²) in [5.41, 5.74) is 2.06. The number of benzene rings is 1. The average molecular weight is 540 g/mol. The number of hydrogen-bond donors (Lipinski definition) is 2. The molecule has 1 aromatic carbocycles. The van der Waals surface area contributed by atoms with E-state index in [4.69, 9.17) is 0 Å². The number of allylic oxidation sites excluding steroid dienone is 2. The van der Waals surface area contributed by atoms with Crippen LogP contribution in [0.3, 0.4) is 0 Å². The molecule has 0 saturated heterocycles. The molecular weight excluding hydrogens is 490 g/mol. The normalized spacial score (nSPS) is 12.2. The number of hydrogen-bond acceptors (Lipinski definition) is 3. The average Bonchev–Trinajstić information content (AvgIpc) is 3.20. The van der Waals surface area contributed by atoms with Crippen molar-refractivity contribution in [2.24, 2.45) is 5.92 Å². The van der Waals surface area contributed by atoms with Crippen LogP contribution in [0.25, 0.3) is 5.69 Å². The first-order chi connectivity index (χ1) is 18.9. The highest BCUT2D eigenvalue weighted by Gasteiger charge is 2.21. The van der Waals surface area contributed by atoms with Crippen LogP contribution in [0.5, 0.6) is 0 Å². The summed E-state index contributed by atoms with van der Waals surface area (Å²) in [5.74, 6) is -1.94. The fourth-order valence-corrected chi connectivity index (χ4v) is 4.98. The van der Waals surface area contributed by atoms with E-state index in [9.17, 15) is 19.5 Å². The molecule has 0 aliphatic rings. The number of carbonyl (C=O) groups excluding carboxylic acids is 1. The fourth-order valence-electron chi connectivity index (χ4n) is 4.98. The van der Waals surface area contributed by atoms with E-state index in [0.717, 1.165) is 18.5 Å². The van der Waals surface area contributed by atoms with Gasteiger partial charge in [-0.25, -0.2) is 4.68 Å². The van der Waals surface area contributed by atoms with Crippen molar-refractivity contribution in [2.75, 3.05) is 5.32 Å². The van der Waals surface area contributed by atoms with Gasteiger partial charge in [0.2, 0.25) is 5.91 Å². The minimum atomic E-state index is -0.987. The molecule has 0 bridgehead atoms. The molecule has 1 unspecified atom stereocenters. The molecule has 216 valence electrons. The van der Waals surface area contributed by atoms with Gasteiger partial charge in [-0.15, -0.1) is 0 Å². The molecule has 0 spiro atoms. The lowest BCUT2D eigenvalue weighted by molar-refractivity contribution is -0.140. The number of amides is 1. The van der Waals surface area contributed by atoms with Crippen molar-refractivity contribution in [3.63, 3.8) is 0 Å². The third-order valence-corrected chi connectivity index (χ3v) is 7.22. The van der Waals surface area contributed by atoms with Gasteiger partial charge in [0.15, 0.2) is 0 Å². The largest absolute Gasteiger partial charge is 0.481 e. The SMILES string of the molecule is CCCCCCCCCCCCC/C=C/CC(CC(=O)O)C(=O)Nc1ccc(-n2c(=O)cc(C)n2CC)cc1. The maximum Gasteiger partial charge on any atom is 0.304 e. The summed E-state index contributed by atoms with van der Waals surface area (Å²) in [6.07, 6.45) is 19.5. The van der Waals surface area contributed by atoms with Gasteiger partial charge in [0.25, 0.3) is 5.56 Å². The van der Waals surface area contributed by atoms with Crippen molar-refractivity contribution >= 4 is 17.6 Å². The highest BCUT2D eigenvalue weighted by Crippen LogP contribution is 2.18. The van der Waals surface area contributed by atoms with E-state index >= 15 is 0 Å². The highest BCUT2D eigenvalue weighted by molar-refractivity contribution is 5.94. The molecule has 0 aliphatic heterocycles. The quantitative estimate of drug-likeness (QED) is 0.133. The Morgan fingerprint density at radius 2 is 1.49 bits per heavy atom. The summed E-state index contributed by atoms with van der Waals surface area (Å²) in [6.45, 7) is 6.79. The van der Waals surface area contributed by atoms with Crippen LogP contribution in [0.2, 0.25) is 0 Å². The van der Waals surface area contributed by atoms with E-state index in [2.05, 4.69) is 18.3 Å². The van der Waals surface area contributed by atoms with Crippen molar-refractivity contribution in [2.45, 2.75) is 117 Å². The number of nitrogens with zero attached hydrogens (tertiary/aromatic N) is 2. The van der Waals surface area contributed by atoms with Gasteiger partial charge in [0.1, 0.15) is 0 Å². The number of carboxylic acid groups (broad SMARTS) is 1. The summed E-state index contributed by atoms with van der Waals surface area (Å²) >= 11 is 0. The monoisotopic (exact) mass is 539 g/mol. The number of nitrogens with one attached hydrogen (secondary N) is 1. The van der Waals surface area contributed by atoms with E-state index in [1.54, 1.807) is 35.0 Å². The number of anilines is 1. The lowest BCUT2D eigenvalue weighted by atomic mass is 9.99. The number of carboxylic acids is 1. The van der Waals surface area contributed by atoms with Crippen molar-refractivity contribution < 1.29 is 14.7 Å². The molecule has 0 saturated carbocycles. The Balaban J connectivity index is 1.75. The maximum absolute atomic E-state index is 12.9. The molecule has 1 aromatic heterocycles. The molecule has 1 atom stereocenters. The number of aromatic nitrogens is 2. The fraction of sp³-hybridized carbons (Fsp3) is 0.594. The predicted octanol–water partition coefficient (Wildman–Crippen LogP) is 7.64. The summed E-state index contributed by atoms with van der Waals surface area (Å²) in [5, 5.41) is 12.2. The molecule has 7 nitrogen and oxygen atoms in total. The van der Waals surface area contributed by atoms with Crippen LogP contribution in [0.4, 0.5) is 5.69 Å². The van der Waals surface area contributed by atoms with Gasteiger partial charge < -0.3 is 10.4 Å². The highest BCUT2D eigenvalue weighted by atomic mass is 16.4. The van der Waals surface area contributed by atoms with E-state index in [0.29, 0.717) is 24.3 Å². The van der Waals surface area contributed by atoms with Gasteiger partial charge in [0, 0.05) is 24.0 Å². The van der Waals surface area contributed by atoms with E-state index in [1.165, 1.54) is 64.2 Å². The van der Waals surface area contributed by atoms with E-state index in [-0.39, 0.29) is 17.9 Å². The van der Waals surface area contributed by atoms with Crippen molar-refractivity contribution in [3.05, 3.63) is 58.5 Å². The summed E-state index contributed by atoms with van der Waals surface area (Å²) in [6, 6.07) is 8.63. The van der Waals surface area contributed by atoms with E-state index < -0.39 is 11.9 Å². The van der Waals surface area contributed by atoms with Gasteiger partial charge in [-0.1, -0.05) is 83.3 Å². The lowest BCUT2D eigenvalue weighted by Gasteiger charge is -2.15. The molecule has 2 aromatic rings. The van der Waals surface area contributed by atoms with Gasteiger partial charge >= 0.3 is 5.97 Å². The Hall–Kier alpha value is -3.09. The van der Waals surface area contributed by atoms with Gasteiger partial charge in [-0.05, 0) is 57.4 Å². The second kappa shape index (κ2) is 18.2. The van der Waals surface area contributed by atoms with Gasteiger partial charge in [0.05, 0.1) is 18.0 Å². The van der Waals surface area contributed by atoms with Crippen molar-refractivity contribution in [1.29, 1.82) is 0 Å². The second-order valence-corrected chi connectivity index (χ2v) is 10.5. The molecule has 0 fully saturated rings. The minimum absolute atomic E-state index is 0.104. The van der Waals surface area contributed by atoms with Crippen LogP contribution in [0.1, 0.15) is 109 Å². The van der Waals surface area contributed by atoms with Gasteiger partial charge in [-0.2, -0.15) is 0 Å². The smallest absolute Gasteiger partial charge is 0.304 e. The first-order valence-electron chi connectivity index (χ1n) is 14.9. The molecule has 1 amide bonds. The zero-order valence-electron chi connectivity index (χ0n) is 24.3. The third kappa shape index (κ3) is 11.7. The standard InChI is InChI=1S/C32H49N3O4/c1-4-6-7-8-9-10-11-12-13-14-15-16-17-18-19-27(25-31(37)38)32(39)33-28-20-22-29(23-21-28)35-30(36)24-26(3)34(35)5-2/h17-18,20-24,27H,4-16,19,25H2,1-3H3,(H,33,39)(H,37,38)/b18-17+. The summed E-state index contributed by atoms with van der Waals surface area (Å²) in [4.78, 5) is 36.6. The molecule has 39 heavy (non-hydrogen) atoms. The number of aryl methyl sites for hydroxylation is 1. The Morgan fingerprint density at radius 3 is 2.05 bits per heavy atom. The Morgan fingerprint density at radius 1 is 0.897 bits per heavy atom. The van der Waals surface area contributed by atoms with Crippen LogP contribution in [0.15, 0.2) is 47.3 Å². The van der Waals surface area contributed by atoms with Crippen molar-refractivity contribution in [1.82, 2.24) is 9.36 Å². The lowest BCUT2D eigenvalue weighted by Crippen LogP contribution is -2.25. The number of rotatable bonds is 20. The van der Waals surface area contributed by atoms with Crippen LogP contribution in [0, 0.1) is 12.8 Å². The summed E-state index contributed by atoms with van der Waals surface area (Å²) in [7, 11) is 0. The van der Waals surface area contributed by atoms with Crippen LogP contribution >= 0.6 is 0 Å². The molecule has 7 heteroatoms. The van der Waals surface area contributed by atoms with Crippen LogP contribution < -0.4 is 10.9 Å². The Kier molecular flexibility index (Phi) is 15.0. The molecule has 2 rings (SSSR count). The van der Waals surface area contributed by atoms with Crippen LogP contribution in [-0.4, -0.2) is 26.3 Å². The molecule has 1 heterocycles. The first kappa shape index (κ1) is 32.1. The van der Waals surface area contributed by atoms with Crippen molar-refractivity contribution in [3.8, 4) is 5.69 Å². The van der Waals surface area contributed by atoms with Crippen LogP contribution in [-0.2, 0) is 16.1 Å². The minimum Gasteiger partial charge on any atom is -0.481 e.